The molecule has 2 aliphatic rings. The molecular weight excluding hydrogens is 264 g/mol. The lowest BCUT2D eigenvalue weighted by molar-refractivity contribution is 0.366. The van der Waals surface area contributed by atoms with Crippen molar-refractivity contribution in [2.24, 2.45) is 0 Å². The SMILES string of the molecule is c1cnn(C2CN(c3nccn4nc(C5CC5)cc34)C2)c1. The Morgan fingerprint density at radius 1 is 1.10 bits per heavy atom. The van der Waals surface area contributed by atoms with Crippen LogP contribution in [0.4, 0.5) is 5.82 Å². The molecule has 1 saturated carbocycles. The molecule has 1 aliphatic heterocycles. The van der Waals surface area contributed by atoms with Gasteiger partial charge in [-0.25, -0.2) is 9.50 Å². The van der Waals surface area contributed by atoms with Crippen molar-refractivity contribution in [3.63, 3.8) is 0 Å². The average Bonchev–Trinajstić information content (AvgIpc) is 2.99. The Morgan fingerprint density at radius 2 is 2.00 bits per heavy atom. The van der Waals surface area contributed by atoms with Crippen molar-refractivity contribution >= 4 is 11.3 Å². The summed E-state index contributed by atoms with van der Waals surface area (Å²) in [6.07, 6.45) is 10.2. The fraction of sp³-hybridized carbons (Fsp3) is 0.400. The maximum absolute atomic E-state index is 4.68. The molecule has 6 nitrogen and oxygen atoms in total. The maximum atomic E-state index is 4.68. The van der Waals surface area contributed by atoms with E-state index in [4.69, 9.17) is 0 Å². The molecule has 21 heavy (non-hydrogen) atoms. The summed E-state index contributed by atoms with van der Waals surface area (Å²) in [5.41, 5.74) is 2.34. The summed E-state index contributed by atoms with van der Waals surface area (Å²) in [6, 6.07) is 4.63. The zero-order valence-electron chi connectivity index (χ0n) is 11.6. The molecule has 0 atom stereocenters. The van der Waals surface area contributed by atoms with E-state index >= 15 is 0 Å². The second kappa shape index (κ2) is 4.07. The molecule has 3 aromatic heterocycles. The van der Waals surface area contributed by atoms with Gasteiger partial charge in [-0.1, -0.05) is 0 Å². The summed E-state index contributed by atoms with van der Waals surface area (Å²) in [4.78, 5) is 6.88. The van der Waals surface area contributed by atoms with Gasteiger partial charge in [0, 0.05) is 43.8 Å². The van der Waals surface area contributed by atoms with Gasteiger partial charge in [-0.05, 0) is 25.0 Å². The highest BCUT2D eigenvalue weighted by atomic mass is 15.4. The van der Waals surface area contributed by atoms with Crippen molar-refractivity contribution in [1.82, 2.24) is 24.4 Å². The van der Waals surface area contributed by atoms with E-state index in [1.54, 1.807) is 0 Å². The van der Waals surface area contributed by atoms with Gasteiger partial charge in [0.15, 0.2) is 5.82 Å². The van der Waals surface area contributed by atoms with E-state index in [0.29, 0.717) is 12.0 Å². The van der Waals surface area contributed by atoms with Gasteiger partial charge in [-0.15, -0.1) is 0 Å². The summed E-state index contributed by atoms with van der Waals surface area (Å²) in [5, 5.41) is 8.99. The highest BCUT2D eigenvalue weighted by Crippen LogP contribution is 2.40. The highest BCUT2D eigenvalue weighted by molar-refractivity contribution is 5.70. The van der Waals surface area contributed by atoms with Gasteiger partial charge in [-0.2, -0.15) is 10.2 Å². The molecule has 2 fully saturated rings. The Bertz CT molecular complexity index is 780. The van der Waals surface area contributed by atoms with Crippen LogP contribution in [0.5, 0.6) is 0 Å². The van der Waals surface area contributed by atoms with Gasteiger partial charge < -0.3 is 4.90 Å². The Hall–Kier alpha value is -2.37. The molecule has 1 saturated heterocycles. The van der Waals surface area contributed by atoms with Crippen LogP contribution in [-0.2, 0) is 0 Å². The van der Waals surface area contributed by atoms with E-state index in [1.165, 1.54) is 18.5 Å². The standard InChI is InChI=1S/C15H16N6/c1-4-17-20(6-1)12-9-19(10-12)15-14-8-13(11-2-3-11)18-21(14)7-5-16-15/h1,4-8,11-12H,2-3,9-10H2. The number of hydrogen-bond donors (Lipinski definition) is 0. The van der Waals surface area contributed by atoms with Crippen molar-refractivity contribution < 1.29 is 0 Å². The third-order valence-electron chi connectivity index (χ3n) is 4.44. The van der Waals surface area contributed by atoms with Crippen LogP contribution in [0.1, 0.15) is 30.5 Å². The van der Waals surface area contributed by atoms with Gasteiger partial charge >= 0.3 is 0 Å². The second-order valence-corrected chi connectivity index (χ2v) is 5.97. The van der Waals surface area contributed by atoms with Crippen molar-refractivity contribution in [1.29, 1.82) is 0 Å². The van der Waals surface area contributed by atoms with Crippen molar-refractivity contribution in [2.75, 3.05) is 18.0 Å². The van der Waals surface area contributed by atoms with Crippen molar-refractivity contribution in [2.45, 2.75) is 24.8 Å². The molecule has 0 amide bonds. The van der Waals surface area contributed by atoms with Crippen LogP contribution in [0.2, 0.25) is 0 Å². The predicted molar refractivity (Wildman–Crippen MR) is 78.4 cm³/mol. The molecule has 0 N–H and O–H groups in total. The van der Waals surface area contributed by atoms with Crippen molar-refractivity contribution in [3.05, 3.63) is 42.6 Å². The lowest BCUT2D eigenvalue weighted by Crippen LogP contribution is -2.48. The van der Waals surface area contributed by atoms with Crippen LogP contribution in [0, 0.1) is 0 Å². The fourth-order valence-electron chi connectivity index (χ4n) is 3.04. The third-order valence-corrected chi connectivity index (χ3v) is 4.44. The number of fused-ring (bicyclic) bond motifs is 1. The first-order chi connectivity index (χ1) is 10.4. The van der Waals surface area contributed by atoms with E-state index in [-0.39, 0.29) is 0 Å². The van der Waals surface area contributed by atoms with E-state index < -0.39 is 0 Å². The minimum Gasteiger partial charge on any atom is -0.350 e. The topological polar surface area (TPSA) is 51.2 Å². The van der Waals surface area contributed by atoms with Gasteiger partial charge in [-0.3, -0.25) is 4.68 Å². The van der Waals surface area contributed by atoms with E-state index in [1.807, 2.05) is 40.1 Å². The van der Waals surface area contributed by atoms with Crippen LogP contribution < -0.4 is 4.90 Å². The molecule has 1 aliphatic carbocycles. The van der Waals surface area contributed by atoms with Crippen LogP contribution in [0.15, 0.2) is 36.9 Å². The number of nitrogens with zero attached hydrogens (tertiary/aromatic N) is 6. The monoisotopic (exact) mass is 280 g/mol. The average molecular weight is 280 g/mol. The largest absolute Gasteiger partial charge is 0.350 e. The molecule has 6 heteroatoms. The highest BCUT2D eigenvalue weighted by Gasteiger charge is 2.32. The van der Waals surface area contributed by atoms with Crippen LogP contribution in [0.3, 0.4) is 0 Å². The molecule has 0 bridgehead atoms. The molecule has 3 aromatic rings. The second-order valence-electron chi connectivity index (χ2n) is 5.97. The lowest BCUT2D eigenvalue weighted by Gasteiger charge is -2.40. The van der Waals surface area contributed by atoms with Crippen LogP contribution >= 0.6 is 0 Å². The summed E-state index contributed by atoms with van der Waals surface area (Å²) in [7, 11) is 0. The Morgan fingerprint density at radius 3 is 2.76 bits per heavy atom. The van der Waals surface area contributed by atoms with Gasteiger partial charge in [0.05, 0.1) is 11.7 Å². The quantitative estimate of drug-likeness (QED) is 0.735. The Kier molecular flexibility index (Phi) is 2.19. The molecule has 0 aromatic carbocycles. The molecule has 106 valence electrons. The molecule has 5 rings (SSSR count). The van der Waals surface area contributed by atoms with Gasteiger partial charge in [0.1, 0.15) is 5.52 Å². The summed E-state index contributed by atoms with van der Waals surface area (Å²) in [5.74, 6) is 1.71. The van der Waals surface area contributed by atoms with E-state index in [2.05, 4.69) is 26.1 Å². The number of hydrogen-bond acceptors (Lipinski definition) is 4. The number of rotatable bonds is 3. The van der Waals surface area contributed by atoms with E-state index in [0.717, 1.165) is 24.4 Å². The van der Waals surface area contributed by atoms with Gasteiger partial charge in [0.2, 0.25) is 0 Å². The molecule has 4 heterocycles. The smallest absolute Gasteiger partial charge is 0.154 e. The lowest BCUT2D eigenvalue weighted by atomic mass is 10.1. The first-order valence-electron chi connectivity index (χ1n) is 7.47. The van der Waals surface area contributed by atoms with Crippen LogP contribution in [0.25, 0.3) is 5.52 Å². The first kappa shape index (κ1) is 11.3. The van der Waals surface area contributed by atoms with Crippen LogP contribution in [-0.4, -0.2) is 37.5 Å². The minimum atomic E-state index is 0.452. The molecular formula is C15H16N6. The number of anilines is 1. The number of aromatic nitrogens is 5. The van der Waals surface area contributed by atoms with E-state index in [9.17, 15) is 0 Å². The minimum absolute atomic E-state index is 0.452. The molecule has 0 radical (unpaired) electrons. The summed E-state index contributed by atoms with van der Waals surface area (Å²) >= 11 is 0. The Balaban J connectivity index is 1.45. The fourth-order valence-corrected chi connectivity index (χ4v) is 3.04. The van der Waals surface area contributed by atoms with Gasteiger partial charge in [0.25, 0.3) is 0 Å². The molecule has 0 unspecified atom stereocenters. The zero-order chi connectivity index (χ0) is 13.8. The predicted octanol–water partition coefficient (Wildman–Crippen LogP) is 1.86. The summed E-state index contributed by atoms with van der Waals surface area (Å²) in [6.45, 7) is 1.91. The first-order valence-corrected chi connectivity index (χ1v) is 7.47. The summed E-state index contributed by atoms with van der Waals surface area (Å²) < 4.78 is 4.00. The normalized spacial score (nSPS) is 19.1. The molecule has 0 spiro atoms. The Labute approximate surface area is 122 Å². The third kappa shape index (κ3) is 1.75. The zero-order valence-corrected chi connectivity index (χ0v) is 11.6. The van der Waals surface area contributed by atoms with Crippen molar-refractivity contribution in [3.8, 4) is 0 Å². The maximum Gasteiger partial charge on any atom is 0.154 e.